The summed E-state index contributed by atoms with van der Waals surface area (Å²) in [5.74, 6) is 0. The lowest BCUT2D eigenvalue weighted by atomic mass is 10.1. The van der Waals surface area contributed by atoms with Crippen molar-refractivity contribution in [1.82, 2.24) is 0 Å². The number of halogens is 2. The quantitative estimate of drug-likeness (QED) is 0.374. The van der Waals surface area contributed by atoms with Crippen molar-refractivity contribution in [2.75, 3.05) is 0 Å². The topological polar surface area (TPSA) is 0 Å². The molecule has 0 amide bonds. The van der Waals surface area contributed by atoms with Gasteiger partial charge in [-0.25, -0.2) is 8.78 Å². The van der Waals surface area contributed by atoms with E-state index in [0.29, 0.717) is 0 Å². The average Bonchev–Trinajstić information content (AvgIpc) is 1.38. The van der Waals surface area contributed by atoms with Gasteiger partial charge in [-0.15, -0.1) is 0 Å². The second-order valence-electron chi connectivity index (χ2n) is 0.494. The van der Waals surface area contributed by atoms with Gasteiger partial charge in [0.2, 0.25) is 0 Å². The minimum Gasteiger partial charge on any atom is -0.222 e. The molecule has 0 bridgehead atoms. The van der Waals surface area contributed by atoms with Crippen LogP contribution in [0.1, 0.15) is 0 Å². The van der Waals surface area contributed by atoms with E-state index in [-0.39, 0.29) is 6.33 Å². The molecule has 0 heterocycles. The molecule has 0 spiro atoms. The molecular formula is C2HBF2. The Bertz CT molecular complexity index is 45.6. The monoisotopic (exact) mass is 74.0 g/mol. The van der Waals surface area contributed by atoms with Crippen molar-refractivity contribution in [2.45, 2.75) is 0 Å². The molecule has 0 N–H and O–H groups in total. The Morgan fingerprint density at radius 3 is 2.00 bits per heavy atom. The van der Waals surface area contributed by atoms with E-state index in [1.807, 2.05) is 0 Å². The summed E-state index contributed by atoms with van der Waals surface area (Å²) in [7, 11) is 4.11. The van der Waals surface area contributed by atoms with Crippen LogP contribution in [-0.4, -0.2) is 7.85 Å². The lowest BCUT2D eigenvalue weighted by Crippen LogP contribution is -1.58. The van der Waals surface area contributed by atoms with Gasteiger partial charge in [0, 0.05) is 0 Å². The van der Waals surface area contributed by atoms with E-state index in [4.69, 9.17) is 0 Å². The summed E-state index contributed by atoms with van der Waals surface area (Å²) in [6.07, 6.45) is -0.306. The van der Waals surface area contributed by atoms with Crippen LogP contribution in [0.3, 0.4) is 0 Å². The number of rotatable bonds is 0. The van der Waals surface area contributed by atoms with Gasteiger partial charge < -0.3 is 0 Å². The SMILES string of the molecule is [B]C(F)=CF. The summed E-state index contributed by atoms with van der Waals surface area (Å²) in [5, 5.41) is 0. The molecule has 0 saturated heterocycles. The number of hydrogen-bond donors (Lipinski definition) is 0. The molecule has 0 saturated carbocycles. The Labute approximate surface area is 29.9 Å². The Morgan fingerprint density at radius 2 is 2.00 bits per heavy atom. The van der Waals surface area contributed by atoms with Crippen molar-refractivity contribution in [3.8, 4) is 0 Å². The van der Waals surface area contributed by atoms with E-state index < -0.39 is 5.73 Å². The maximum Gasteiger partial charge on any atom is 0.160 e. The van der Waals surface area contributed by atoms with Crippen LogP contribution in [0.4, 0.5) is 8.78 Å². The lowest BCUT2D eigenvalue weighted by Gasteiger charge is -1.65. The van der Waals surface area contributed by atoms with Crippen molar-refractivity contribution < 1.29 is 8.78 Å². The van der Waals surface area contributed by atoms with Crippen LogP contribution in [-0.2, 0) is 0 Å². The van der Waals surface area contributed by atoms with Crippen LogP contribution < -0.4 is 0 Å². The molecule has 26 valence electrons. The molecular weight excluding hydrogens is 72.8 g/mol. The van der Waals surface area contributed by atoms with Gasteiger partial charge in [-0.05, 0) is 0 Å². The first kappa shape index (κ1) is 4.66. The Hall–Kier alpha value is -0.335. The van der Waals surface area contributed by atoms with E-state index in [0.717, 1.165) is 0 Å². The smallest absolute Gasteiger partial charge is 0.160 e. The van der Waals surface area contributed by atoms with Gasteiger partial charge >= 0.3 is 0 Å². The summed E-state index contributed by atoms with van der Waals surface area (Å²) in [6, 6.07) is 0. The zero-order valence-electron chi connectivity index (χ0n) is 2.41. The van der Waals surface area contributed by atoms with Gasteiger partial charge in [0.1, 0.15) is 6.33 Å². The second kappa shape index (κ2) is 1.94. The number of hydrogen-bond acceptors (Lipinski definition) is 0. The first-order chi connectivity index (χ1) is 2.27. The van der Waals surface area contributed by atoms with E-state index in [2.05, 4.69) is 7.85 Å². The lowest BCUT2D eigenvalue weighted by molar-refractivity contribution is 0.626. The minimum absolute atomic E-state index is 0.306. The Morgan fingerprint density at radius 1 is 1.80 bits per heavy atom. The molecule has 0 aliphatic heterocycles. The van der Waals surface area contributed by atoms with Crippen LogP contribution in [0, 0.1) is 0 Å². The third-order valence-corrected chi connectivity index (χ3v) is 0.104. The van der Waals surface area contributed by atoms with Gasteiger partial charge in [-0.2, -0.15) is 0 Å². The minimum atomic E-state index is -1.29. The van der Waals surface area contributed by atoms with Crippen molar-refractivity contribution in [3.63, 3.8) is 0 Å². The molecule has 3 heteroatoms. The maximum atomic E-state index is 10.7. The fourth-order valence-corrected chi connectivity index (χ4v) is 0. The molecule has 0 atom stereocenters. The van der Waals surface area contributed by atoms with E-state index in [1.54, 1.807) is 0 Å². The van der Waals surface area contributed by atoms with Crippen LogP contribution in [0.5, 0.6) is 0 Å². The van der Waals surface area contributed by atoms with Crippen molar-refractivity contribution >= 4 is 7.85 Å². The highest BCUT2D eigenvalue weighted by atomic mass is 19.2. The van der Waals surface area contributed by atoms with E-state index in [1.165, 1.54) is 0 Å². The van der Waals surface area contributed by atoms with Gasteiger partial charge in [-0.3, -0.25) is 0 Å². The predicted molar refractivity (Wildman–Crippen MR) is 16.1 cm³/mol. The standard InChI is InChI=1S/C2HBF2/c3-2(5)1-4/h1H. The fraction of sp³-hybridized carbons (Fsp3) is 0. The molecule has 0 aromatic carbocycles. The largest absolute Gasteiger partial charge is 0.222 e. The molecule has 0 aliphatic rings. The Kier molecular flexibility index (Phi) is 1.81. The maximum absolute atomic E-state index is 10.7. The first-order valence-electron chi connectivity index (χ1n) is 0.985. The third kappa shape index (κ3) is 3.66. The molecule has 5 heavy (non-hydrogen) atoms. The van der Waals surface area contributed by atoms with Crippen LogP contribution in [0.2, 0.25) is 0 Å². The summed E-state index contributed by atoms with van der Waals surface area (Å²) in [4.78, 5) is 0. The molecule has 0 fully saturated rings. The molecule has 0 aromatic rings. The van der Waals surface area contributed by atoms with Gasteiger partial charge in [0.15, 0.2) is 7.85 Å². The van der Waals surface area contributed by atoms with Crippen LogP contribution in [0.15, 0.2) is 12.1 Å². The van der Waals surface area contributed by atoms with Gasteiger partial charge in [-0.1, -0.05) is 0 Å². The van der Waals surface area contributed by atoms with Crippen molar-refractivity contribution in [1.29, 1.82) is 0 Å². The van der Waals surface area contributed by atoms with E-state index >= 15 is 0 Å². The molecule has 0 aromatic heterocycles. The molecule has 0 nitrogen and oxygen atoms in total. The summed E-state index contributed by atoms with van der Waals surface area (Å²) >= 11 is 0. The fourth-order valence-electron chi connectivity index (χ4n) is 0. The summed E-state index contributed by atoms with van der Waals surface area (Å²) < 4.78 is 21.1. The first-order valence-corrected chi connectivity index (χ1v) is 0.985. The molecule has 0 rings (SSSR count). The van der Waals surface area contributed by atoms with E-state index in [9.17, 15) is 8.78 Å². The zero-order chi connectivity index (χ0) is 4.28. The molecule has 0 aliphatic carbocycles. The third-order valence-electron chi connectivity index (χ3n) is 0.104. The molecule has 0 unspecified atom stereocenters. The van der Waals surface area contributed by atoms with Crippen LogP contribution in [0.25, 0.3) is 0 Å². The van der Waals surface area contributed by atoms with Crippen molar-refractivity contribution in [2.24, 2.45) is 0 Å². The van der Waals surface area contributed by atoms with Gasteiger partial charge in [0.05, 0.1) is 5.73 Å². The van der Waals surface area contributed by atoms with Gasteiger partial charge in [0.25, 0.3) is 0 Å². The average molecular weight is 73.8 g/mol. The van der Waals surface area contributed by atoms with Crippen LogP contribution >= 0.6 is 0 Å². The highest BCUT2D eigenvalue weighted by Crippen LogP contribution is 1.83. The highest BCUT2D eigenvalue weighted by molar-refractivity contribution is 6.19. The summed E-state index contributed by atoms with van der Waals surface area (Å²) in [6.45, 7) is 0. The Balaban J connectivity index is 3.14. The summed E-state index contributed by atoms with van der Waals surface area (Å²) in [5.41, 5.74) is -1.29. The zero-order valence-corrected chi connectivity index (χ0v) is 2.41. The second-order valence-corrected chi connectivity index (χ2v) is 0.494. The highest BCUT2D eigenvalue weighted by Gasteiger charge is 1.71. The van der Waals surface area contributed by atoms with Crippen molar-refractivity contribution in [3.05, 3.63) is 12.1 Å². The normalized spacial score (nSPS) is 12.0. The molecule has 2 radical (unpaired) electrons. The predicted octanol–water partition coefficient (Wildman–Crippen LogP) is 0.893.